The van der Waals surface area contributed by atoms with Crippen LogP contribution in [0.5, 0.6) is 0 Å². The van der Waals surface area contributed by atoms with E-state index in [2.05, 4.69) is 0 Å². The van der Waals surface area contributed by atoms with Crippen molar-refractivity contribution < 1.29 is 32.3 Å². The second-order valence-corrected chi connectivity index (χ2v) is 2.03. The van der Waals surface area contributed by atoms with Gasteiger partial charge in [-0.15, -0.1) is 0 Å². The molecule has 0 saturated heterocycles. The fourth-order valence-corrected chi connectivity index (χ4v) is 0.556. The summed E-state index contributed by atoms with van der Waals surface area (Å²) in [5, 5.41) is 8.31. The average molecular weight is 224 g/mol. The summed E-state index contributed by atoms with van der Waals surface area (Å²) >= 11 is 0. The Morgan fingerprint density at radius 2 is 2.11 bits per heavy atom. The van der Waals surface area contributed by atoms with E-state index in [1.807, 2.05) is 6.92 Å². The number of carboxylic acid groups (broad SMARTS) is 1. The van der Waals surface area contributed by atoms with Gasteiger partial charge in [-0.05, 0) is 6.42 Å². The Morgan fingerprint density at radius 1 is 1.67 bits per heavy atom. The van der Waals surface area contributed by atoms with Gasteiger partial charge in [0.2, 0.25) is 0 Å². The van der Waals surface area contributed by atoms with E-state index in [0.29, 0.717) is 0 Å². The van der Waals surface area contributed by atoms with E-state index in [1.54, 1.807) is 6.92 Å². The summed E-state index contributed by atoms with van der Waals surface area (Å²) in [4.78, 5) is 10.1. The standard InChI is InChI=1S/C6H12O2.Ag/c1-3-4-5(2)6(7)8;/h5H,3-4H2,1-2H3,(H,7,8);. The van der Waals surface area contributed by atoms with Crippen molar-refractivity contribution in [2.45, 2.75) is 26.7 Å². The molecule has 59 valence electrons. The van der Waals surface area contributed by atoms with E-state index >= 15 is 0 Å². The van der Waals surface area contributed by atoms with Crippen molar-refractivity contribution in [2.24, 2.45) is 5.92 Å². The molecule has 1 atom stereocenters. The number of hydrogen-bond donors (Lipinski definition) is 1. The van der Waals surface area contributed by atoms with Gasteiger partial charge in [-0.1, -0.05) is 20.3 Å². The molecule has 0 aromatic rings. The van der Waals surface area contributed by atoms with Crippen LogP contribution in [0.1, 0.15) is 26.7 Å². The van der Waals surface area contributed by atoms with Gasteiger partial charge < -0.3 is 5.11 Å². The van der Waals surface area contributed by atoms with Crippen LogP contribution in [0.3, 0.4) is 0 Å². The number of rotatable bonds is 3. The van der Waals surface area contributed by atoms with Gasteiger partial charge in [-0.2, -0.15) is 0 Å². The Hall–Kier alpha value is 0.210. The monoisotopic (exact) mass is 223 g/mol. The Balaban J connectivity index is 0. The molecule has 0 aliphatic carbocycles. The van der Waals surface area contributed by atoms with Gasteiger partial charge in [-0.25, -0.2) is 0 Å². The van der Waals surface area contributed by atoms with Crippen molar-refractivity contribution in [3.05, 3.63) is 0 Å². The first kappa shape index (κ1) is 11.9. The number of carboxylic acids is 1. The summed E-state index contributed by atoms with van der Waals surface area (Å²) < 4.78 is 0. The number of hydrogen-bond acceptors (Lipinski definition) is 1. The van der Waals surface area contributed by atoms with Crippen LogP contribution in [0.2, 0.25) is 0 Å². The maximum atomic E-state index is 10.1. The van der Waals surface area contributed by atoms with Crippen LogP contribution in [0, 0.1) is 5.92 Å². The molecular weight excluding hydrogens is 212 g/mol. The van der Waals surface area contributed by atoms with Gasteiger partial charge >= 0.3 is 5.97 Å². The summed E-state index contributed by atoms with van der Waals surface area (Å²) in [7, 11) is 0. The van der Waals surface area contributed by atoms with Gasteiger partial charge in [0.05, 0.1) is 5.92 Å². The van der Waals surface area contributed by atoms with E-state index in [4.69, 9.17) is 5.11 Å². The fraction of sp³-hybridized carbons (Fsp3) is 0.833. The van der Waals surface area contributed by atoms with Crippen molar-refractivity contribution in [3.8, 4) is 0 Å². The third-order valence-electron chi connectivity index (χ3n) is 1.14. The Kier molecular flexibility index (Phi) is 8.40. The largest absolute Gasteiger partial charge is 0.481 e. The topological polar surface area (TPSA) is 37.3 Å². The normalized spacial score (nSPS) is 11.8. The van der Waals surface area contributed by atoms with E-state index in [0.717, 1.165) is 12.8 Å². The van der Waals surface area contributed by atoms with Crippen molar-refractivity contribution in [3.63, 3.8) is 0 Å². The predicted octanol–water partition coefficient (Wildman–Crippen LogP) is 1.50. The van der Waals surface area contributed by atoms with E-state index < -0.39 is 5.97 Å². The number of aliphatic carboxylic acids is 1. The molecule has 0 rings (SSSR count). The van der Waals surface area contributed by atoms with Crippen LogP contribution >= 0.6 is 0 Å². The molecule has 0 spiro atoms. The molecule has 0 heterocycles. The van der Waals surface area contributed by atoms with Gasteiger partial charge in [0.25, 0.3) is 0 Å². The predicted molar refractivity (Wildman–Crippen MR) is 31.7 cm³/mol. The number of carbonyl (C=O) groups is 1. The van der Waals surface area contributed by atoms with Crippen molar-refractivity contribution in [1.82, 2.24) is 0 Å². The minimum absolute atomic E-state index is 0. The van der Waals surface area contributed by atoms with Crippen LogP contribution in [0.15, 0.2) is 0 Å². The second kappa shape index (κ2) is 6.33. The third kappa shape index (κ3) is 6.09. The van der Waals surface area contributed by atoms with Crippen LogP contribution in [-0.4, -0.2) is 11.1 Å². The molecule has 9 heavy (non-hydrogen) atoms. The SMILES string of the molecule is CCCC(C)C(=O)O.[Ag]. The van der Waals surface area contributed by atoms with Crippen molar-refractivity contribution in [1.29, 1.82) is 0 Å². The average Bonchev–Trinajstić information content (AvgIpc) is 1.67. The van der Waals surface area contributed by atoms with E-state index in [1.165, 1.54) is 0 Å². The summed E-state index contributed by atoms with van der Waals surface area (Å²) in [5.74, 6) is -0.855. The Bertz CT molecular complexity index is 83.1. The maximum Gasteiger partial charge on any atom is 0.306 e. The molecule has 1 unspecified atom stereocenters. The first-order valence-electron chi connectivity index (χ1n) is 2.91. The first-order valence-corrected chi connectivity index (χ1v) is 2.91. The zero-order valence-electron chi connectivity index (χ0n) is 5.65. The van der Waals surface area contributed by atoms with Crippen LogP contribution in [0.4, 0.5) is 0 Å². The van der Waals surface area contributed by atoms with Gasteiger partial charge in [-0.3, -0.25) is 4.79 Å². The molecule has 0 aromatic carbocycles. The molecule has 3 heteroatoms. The van der Waals surface area contributed by atoms with Gasteiger partial charge in [0.15, 0.2) is 0 Å². The molecule has 0 aliphatic rings. The van der Waals surface area contributed by atoms with Crippen LogP contribution < -0.4 is 0 Å². The third-order valence-corrected chi connectivity index (χ3v) is 1.14. The van der Waals surface area contributed by atoms with Gasteiger partial charge in [0.1, 0.15) is 0 Å². The molecular formula is C6H12AgO2. The molecule has 0 bridgehead atoms. The molecule has 2 nitrogen and oxygen atoms in total. The molecule has 0 saturated carbocycles. The molecule has 1 N–H and O–H groups in total. The Morgan fingerprint density at radius 3 is 2.22 bits per heavy atom. The molecule has 0 fully saturated rings. The summed E-state index contributed by atoms with van der Waals surface area (Å²) in [5.41, 5.74) is 0. The Labute approximate surface area is 71.2 Å². The summed E-state index contributed by atoms with van der Waals surface area (Å²) in [6, 6.07) is 0. The minimum Gasteiger partial charge on any atom is -0.481 e. The minimum atomic E-state index is -0.688. The van der Waals surface area contributed by atoms with E-state index in [9.17, 15) is 4.79 Å². The maximum absolute atomic E-state index is 10.1. The molecule has 0 aromatic heterocycles. The first-order chi connectivity index (χ1) is 3.68. The van der Waals surface area contributed by atoms with Gasteiger partial charge in [0, 0.05) is 22.4 Å². The summed E-state index contributed by atoms with van der Waals surface area (Å²) in [6.07, 6.45) is 1.74. The molecule has 0 aliphatic heterocycles. The van der Waals surface area contributed by atoms with E-state index in [-0.39, 0.29) is 28.3 Å². The fourth-order valence-electron chi connectivity index (χ4n) is 0.556. The smallest absolute Gasteiger partial charge is 0.306 e. The molecule has 0 amide bonds. The van der Waals surface area contributed by atoms with Crippen LogP contribution in [-0.2, 0) is 27.2 Å². The zero-order valence-corrected chi connectivity index (χ0v) is 7.13. The summed E-state index contributed by atoms with van der Waals surface area (Å²) in [6.45, 7) is 3.71. The molecule has 1 radical (unpaired) electrons. The quantitative estimate of drug-likeness (QED) is 0.737. The second-order valence-electron chi connectivity index (χ2n) is 2.03. The van der Waals surface area contributed by atoms with Crippen molar-refractivity contribution in [2.75, 3.05) is 0 Å². The van der Waals surface area contributed by atoms with Crippen molar-refractivity contribution >= 4 is 5.97 Å². The van der Waals surface area contributed by atoms with Crippen LogP contribution in [0.25, 0.3) is 0 Å². The zero-order chi connectivity index (χ0) is 6.57.